The van der Waals surface area contributed by atoms with E-state index in [-0.39, 0.29) is 30.8 Å². The molecule has 0 unspecified atom stereocenters. The minimum absolute atomic E-state index is 0.0356. The van der Waals surface area contributed by atoms with E-state index in [9.17, 15) is 9.90 Å². The molecule has 36 heavy (non-hydrogen) atoms. The molecule has 0 bridgehead atoms. The van der Waals surface area contributed by atoms with Crippen LogP contribution in [0.2, 0.25) is 0 Å². The smallest absolute Gasteiger partial charge is 0.234 e. The summed E-state index contributed by atoms with van der Waals surface area (Å²) in [6.45, 7) is 1.15. The monoisotopic (exact) mass is 509 g/mol. The Kier molecular flexibility index (Phi) is 7.91. The highest BCUT2D eigenvalue weighted by Crippen LogP contribution is 2.32. The second-order valence-corrected chi connectivity index (χ2v) is 10.1. The molecule has 1 fully saturated rings. The van der Waals surface area contributed by atoms with Gasteiger partial charge in [-0.05, 0) is 61.2 Å². The Hall–Kier alpha value is -2.85. The highest BCUT2D eigenvalue weighted by molar-refractivity contribution is 8.00. The number of hydrogen-bond acceptors (Lipinski definition) is 8. The van der Waals surface area contributed by atoms with Crippen molar-refractivity contribution in [3.05, 3.63) is 54.2 Å². The van der Waals surface area contributed by atoms with E-state index in [2.05, 4.69) is 27.8 Å². The van der Waals surface area contributed by atoms with Crippen LogP contribution in [-0.4, -0.2) is 60.3 Å². The number of carbonyl (C=O) groups excluding carboxylic acids is 1. The first-order valence-electron chi connectivity index (χ1n) is 12.2. The fraction of sp³-hybridized carbons (Fsp3) is 0.407. The summed E-state index contributed by atoms with van der Waals surface area (Å²) in [5.41, 5.74) is 2.83. The van der Waals surface area contributed by atoms with Crippen molar-refractivity contribution >= 4 is 34.3 Å². The number of aromatic nitrogens is 1. The molecule has 8 nitrogen and oxygen atoms in total. The fourth-order valence-corrected chi connectivity index (χ4v) is 5.53. The van der Waals surface area contributed by atoms with Gasteiger partial charge in [-0.2, -0.15) is 0 Å². The lowest BCUT2D eigenvalue weighted by atomic mass is 9.96. The lowest BCUT2D eigenvalue weighted by Gasteiger charge is -2.37. The number of nitrogens with zero attached hydrogens (tertiary/aromatic N) is 1. The van der Waals surface area contributed by atoms with E-state index in [0.29, 0.717) is 25.3 Å². The van der Waals surface area contributed by atoms with E-state index in [0.717, 1.165) is 51.4 Å². The summed E-state index contributed by atoms with van der Waals surface area (Å²) in [7, 11) is 1.64. The third-order valence-electron chi connectivity index (χ3n) is 6.61. The number of hydrogen-bond donors (Lipinski definition) is 3. The minimum atomic E-state index is -0.112. The van der Waals surface area contributed by atoms with E-state index in [1.807, 2.05) is 30.3 Å². The SMILES string of the molecule is COc1ccc2nccc(OC[C@@H]3CC[C@@H](NCc4ccc5c(c4)NC(=O)CS5)[C@@H](CCO)O3)c2c1. The van der Waals surface area contributed by atoms with Gasteiger partial charge in [0.05, 0.1) is 36.3 Å². The Labute approximate surface area is 214 Å². The molecule has 2 aliphatic rings. The number of aliphatic hydroxyl groups excluding tert-OH is 1. The number of fused-ring (bicyclic) bond motifs is 2. The zero-order chi connectivity index (χ0) is 24.9. The summed E-state index contributed by atoms with van der Waals surface area (Å²) in [5, 5.41) is 17.1. The summed E-state index contributed by atoms with van der Waals surface area (Å²) in [6.07, 6.45) is 3.89. The molecule has 1 aromatic heterocycles. The number of thioether (sulfide) groups is 1. The van der Waals surface area contributed by atoms with Gasteiger partial charge in [0.2, 0.25) is 5.91 Å². The predicted octanol–water partition coefficient (Wildman–Crippen LogP) is 3.75. The first-order valence-corrected chi connectivity index (χ1v) is 13.2. The van der Waals surface area contributed by atoms with Crippen molar-refractivity contribution in [2.75, 3.05) is 31.4 Å². The van der Waals surface area contributed by atoms with Crippen LogP contribution < -0.4 is 20.1 Å². The highest BCUT2D eigenvalue weighted by atomic mass is 32.2. The predicted molar refractivity (Wildman–Crippen MR) is 140 cm³/mol. The number of ether oxygens (including phenoxy) is 3. The van der Waals surface area contributed by atoms with Gasteiger partial charge in [-0.1, -0.05) is 6.07 Å². The maximum absolute atomic E-state index is 11.7. The average molecular weight is 510 g/mol. The molecule has 1 saturated heterocycles. The Morgan fingerprint density at radius 1 is 1.22 bits per heavy atom. The zero-order valence-corrected chi connectivity index (χ0v) is 21.1. The van der Waals surface area contributed by atoms with Gasteiger partial charge in [0.25, 0.3) is 0 Å². The molecule has 3 aromatic rings. The normalized spacial score (nSPS) is 21.6. The van der Waals surface area contributed by atoms with Gasteiger partial charge in [-0.15, -0.1) is 11.8 Å². The molecule has 5 rings (SSSR count). The number of rotatable bonds is 9. The molecule has 0 spiro atoms. The van der Waals surface area contributed by atoms with Gasteiger partial charge in [-0.25, -0.2) is 0 Å². The van der Waals surface area contributed by atoms with Gasteiger partial charge in [0, 0.05) is 35.7 Å². The molecule has 190 valence electrons. The van der Waals surface area contributed by atoms with E-state index >= 15 is 0 Å². The Morgan fingerprint density at radius 3 is 3.00 bits per heavy atom. The van der Waals surface area contributed by atoms with E-state index in [4.69, 9.17) is 14.2 Å². The number of amides is 1. The topological polar surface area (TPSA) is 102 Å². The van der Waals surface area contributed by atoms with Crippen LogP contribution in [0.4, 0.5) is 5.69 Å². The third-order valence-corrected chi connectivity index (χ3v) is 7.68. The van der Waals surface area contributed by atoms with Crippen LogP contribution in [0.15, 0.2) is 53.6 Å². The summed E-state index contributed by atoms with van der Waals surface area (Å²) >= 11 is 1.56. The van der Waals surface area contributed by atoms with E-state index in [1.165, 1.54) is 0 Å². The molecule has 0 saturated carbocycles. The van der Waals surface area contributed by atoms with Gasteiger partial charge < -0.3 is 30.0 Å². The molecule has 0 radical (unpaired) electrons. The lowest BCUT2D eigenvalue weighted by molar-refractivity contribution is -0.113. The molecule has 9 heteroatoms. The van der Waals surface area contributed by atoms with Gasteiger partial charge in [-0.3, -0.25) is 9.78 Å². The van der Waals surface area contributed by atoms with Crippen molar-refractivity contribution in [1.82, 2.24) is 10.3 Å². The van der Waals surface area contributed by atoms with Crippen LogP contribution in [0, 0.1) is 0 Å². The van der Waals surface area contributed by atoms with E-state index < -0.39 is 0 Å². The van der Waals surface area contributed by atoms with Crippen LogP contribution in [0.5, 0.6) is 11.5 Å². The first kappa shape index (κ1) is 24.8. The number of carbonyl (C=O) groups is 1. The third kappa shape index (κ3) is 5.75. The van der Waals surface area contributed by atoms with Crippen LogP contribution in [-0.2, 0) is 16.1 Å². The first-order chi connectivity index (χ1) is 17.6. The van der Waals surface area contributed by atoms with Crippen molar-refractivity contribution in [1.29, 1.82) is 0 Å². The number of anilines is 1. The lowest BCUT2D eigenvalue weighted by Crippen LogP contribution is -2.48. The Balaban J connectivity index is 1.19. The summed E-state index contributed by atoms with van der Waals surface area (Å²) in [5.74, 6) is 2.00. The largest absolute Gasteiger partial charge is 0.497 e. The van der Waals surface area contributed by atoms with Gasteiger partial charge in [0.15, 0.2) is 0 Å². The van der Waals surface area contributed by atoms with E-state index in [1.54, 1.807) is 25.1 Å². The van der Waals surface area contributed by atoms with Crippen LogP contribution in [0.3, 0.4) is 0 Å². The molecule has 0 aliphatic carbocycles. The molecule has 2 aromatic carbocycles. The Morgan fingerprint density at radius 2 is 2.14 bits per heavy atom. The van der Waals surface area contributed by atoms with Crippen LogP contribution >= 0.6 is 11.8 Å². The average Bonchev–Trinajstić information content (AvgIpc) is 2.91. The molecular weight excluding hydrogens is 478 g/mol. The molecule has 3 N–H and O–H groups in total. The summed E-state index contributed by atoms with van der Waals surface area (Å²) < 4.78 is 17.9. The van der Waals surface area contributed by atoms with Crippen LogP contribution in [0.1, 0.15) is 24.8 Å². The highest BCUT2D eigenvalue weighted by Gasteiger charge is 2.31. The number of aliphatic hydroxyl groups is 1. The molecule has 3 heterocycles. The maximum atomic E-state index is 11.7. The van der Waals surface area contributed by atoms with Crippen LogP contribution in [0.25, 0.3) is 10.9 Å². The second-order valence-electron chi connectivity index (χ2n) is 9.04. The van der Waals surface area contributed by atoms with Crippen molar-refractivity contribution in [3.8, 4) is 11.5 Å². The maximum Gasteiger partial charge on any atom is 0.234 e. The molecular formula is C27H31N3O5S. The number of benzene rings is 2. The summed E-state index contributed by atoms with van der Waals surface area (Å²) in [6, 6.07) is 13.9. The Bertz CT molecular complexity index is 1220. The molecule has 2 aliphatic heterocycles. The molecule has 3 atom stereocenters. The van der Waals surface area contributed by atoms with Gasteiger partial charge in [0.1, 0.15) is 18.1 Å². The number of methoxy groups -OCH3 is 1. The molecule has 1 amide bonds. The summed E-state index contributed by atoms with van der Waals surface area (Å²) in [4.78, 5) is 17.2. The standard InChI is InChI=1S/C27H31N3O5S/c1-33-18-3-5-21-20(13-18)24(8-10-28-21)34-15-19-4-6-22(25(35-19)9-11-31)29-14-17-2-7-26-23(12-17)30-27(32)16-36-26/h2-3,5,7-8,10,12-13,19,22,25,29,31H,4,6,9,11,14-16H2,1H3,(H,30,32)/t19-,22+,25+/m0/s1. The van der Waals surface area contributed by atoms with Crippen molar-refractivity contribution in [2.45, 2.75) is 49.0 Å². The second kappa shape index (κ2) is 11.5. The van der Waals surface area contributed by atoms with Crippen molar-refractivity contribution in [2.24, 2.45) is 0 Å². The minimum Gasteiger partial charge on any atom is -0.497 e. The van der Waals surface area contributed by atoms with Crippen molar-refractivity contribution in [3.63, 3.8) is 0 Å². The quantitative estimate of drug-likeness (QED) is 0.401. The van der Waals surface area contributed by atoms with Gasteiger partial charge >= 0.3 is 0 Å². The zero-order valence-electron chi connectivity index (χ0n) is 20.2. The van der Waals surface area contributed by atoms with Crippen molar-refractivity contribution < 1.29 is 24.1 Å². The fourth-order valence-electron chi connectivity index (χ4n) is 4.74. The number of nitrogens with one attached hydrogen (secondary N) is 2. The number of pyridine rings is 1.